The van der Waals surface area contributed by atoms with Gasteiger partial charge in [0, 0.05) is 31.2 Å². The van der Waals surface area contributed by atoms with Crippen LogP contribution >= 0.6 is 0 Å². The number of rotatable bonds is 4. The molecule has 1 aromatic carbocycles. The van der Waals surface area contributed by atoms with E-state index in [1.807, 2.05) is 26.0 Å². The molecule has 2 heterocycles. The van der Waals surface area contributed by atoms with Gasteiger partial charge in [0.05, 0.1) is 6.42 Å². The van der Waals surface area contributed by atoms with Gasteiger partial charge in [0.1, 0.15) is 0 Å². The Morgan fingerprint density at radius 3 is 2.54 bits per heavy atom. The average molecular weight is 356 g/mol. The summed E-state index contributed by atoms with van der Waals surface area (Å²) in [6.07, 6.45) is 0.442. The molecule has 26 heavy (non-hydrogen) atoms. The highest BCUT2D eigenvalue weighted by atomic mass is 16.2. The highest BCUT2D eigenvalue weighted by Gasteiger charge is 2.31. The third kappa shape index (κ3) is 3.77. The van der Waals surface area contributed by atoms with Crippen LogP contribution in [0.4, 0.5) is 0 Å². The first-order chi connectivity index (χ1) is 12.4. The van der Waals surface area contributed by atoms with E-state index in [0.717, 1.165) is 41.9 Å². The van der Waals surface area contributed by atoms with Crippen LogP contribution in [0.15, 0.2) is 12.1 Å². The molecule has 0 saturated carbocycles. The second-order valence-electron chi connectivity index (χ2n) is 7.66. The number of tetrazole rings is 1. The number of benzene rings is 1. The molecule has 1 saturated heterocycles. The van der Waals surface area contributed by atoms with E-state index >= 15 is 0 Å². The highest BCUT2D eigenvalue weighted by Crippen LogP contribution is 2.24. The van der Waals surface area contributed by atoms with E-state index in [2.05, 4.69) is 51.3 Å². The Labute approximate surface area is 154 Å². The molecule has 1 aliphatic rings. The standard InChI is InChI=1S/C19H28N6O/c1-12(2)17-11-24(5)6-7-25(17)18(26)10-16-13(3)8-15(9-14(16)4)19-20-22-23-21-19/h8-9,12,17H,6-7,10-11H2,1-5H3,(H,20,21,22,23). The minimum absolute atomic E-state index is 0.218. The van der Waals surface area contributed by atoms with Crippen molar-refractivity contribution in [1.82, 2.24) is 30.4 Å². The lowest BCUT2D eigenvalue weighted by molar-refractivity contribution is -0.136. The van der Waals surface area contributed by atoms with Crippen molar-refractivity contribution in [3.8, 4) is 11.4 Å². The molecule has 0 radical (unpaired) electrons. The predicted molar refractivity (Wildman–Crippen MR) is 101 cm³/mol. The molecule has 7 nitrogen and oxygen atoms in total. The fourth-order valence-electron chi connectivity index (χ4n) is 3.77. The minimum atomic E-state index is 0.218. The molecule has 1 aromatic heterocycles. The number of carbonyl (C=O) groups excluding carboxylic acids is 1. The van der Waals surface area contributed by atoms with Gasteiger partial charge < -0.3 is 9.80 Å². The van der Waals surface area contributed by atoms with Crippen molar-refractivity contribution in [3.05, 3.63) is 28.8 Å². The van der Waals surface area contributed by atoms with Crippen molar-refractivity contribution < 1.29 is 4.79 Å². The lowest BCUT2D eigenvalue weighted by Crippen LogP contribution is -2.56. The molecule has 1 amide bonds. The number of piperazine rings is 1. The molecular formula is C19H28N6O. The van der Waals surface area contributed by atoms with Crippen molar-refractivity contribution in [2.24, 2.45) is 5.92 Å². The van der Waals surface area contributed by atoms with E-state index in [4.69, 9.17) is 0 Å². The van der Waals surface area contributed by atoms with E-state index in [1.165, 1.54) is 0 Å². The fourth-order valence-corrected chi connectivity index (χ4v) is 3.77. The van der Waals surface area contributed by atoms with E-state index in [0.29, 0.717) is 18.2 Å². The van der Waals surface area contributed by atoms with Gasteiger partial charge in [-0.3, -0.25) is 4.79 Å². The zero-order chi connectivity index (χ0) is 18.8. The number of nitrogens with one attached hydrogen (secondary N) is 1. The Bertz CT molecular complexity index is 747. The molecular weight excluding hydrogens is 328 g/mol. The van der Waals surface area contributed by atoms with Crippen LogP contribution < -0.4 is 0 Å². The summed E-state index contributed by atoms with van der Waals surface area (Å²) in [7, 11) is 2.13. The van der Waals surface area contributed by atoms with Crippen LogP contribution in [-0.2, 0) is 11.2 Å². The van der Waals surface area contributed by atoms with Crippen molar-refractivity contribution in [1.29, 1.82) is 0 Å². The zero-order valence-electron chi connectivity index (χ0n) is 16.3. The molecule has 2 aromatic rings. The van der Waals surface area contributed by atoms with Crippen LogP contribution in [0.1, 0.15) is 30.5 Å². The largest absolute Gasteiger partial charge is 0.337 e. The molecule has 1 N–H and O–H groups in total. The first-order valence-electron chi connectivity index (χ1n) is 9.18. The molecule has 1 aliphatic heterocycles. The fraction of sp³-hybridized carbons (Fsp3) is 0.579. The number of aromatic nitrogens is 4. The third-order valence-corrected chi connectivity index (χ3v) is 5.34. The van der Waals surface area contributed by atoms with Crippen LogP contribution in [0.25, 0.3) is 11.4 Å². The van der Waals surface area contributed by atoms with E-state index in [1.54, 1.807) is 0 Å². The van der Waals surface area contributed by atoms with Gasteiger partial charge in [-0.15, -0.1) is 10.2 Å². The van der Waals surface area contributed by atoms with Gasteiger partial charge in [0.15, 0.2) is 0 Å². The normalized spacial score (nSPS) is 18.5. The molecule has 0 aliphatic carbocycles. The Morgan fingerprint density at radius 2 is 1.96 bits per heavy atom. The first-order valence-corrected chi connectivity index (χ1v) is 9.18. The molecule has 7 heteroatoms. The van der Waals surface area contributed by atoms with Crippen molar-refractivity contribution >= 4 is 5.91 Å². The molecule has 3 rings (SSSR count). The van der Waals surface area contributed by atoms with Gasteiger partial charge in [0.2, 0.25) is 11.7 Å². The van der Waals surface area contributed by atoms with Crippen LogP contribution in [0.3, 0.4) is 0 Å². The number of hydrogen-bond donors (Lipinski definition) is 1. The lowest BCUT2D eigenvalue weighted by Gasteiger charge is -2.42. The van der Waals surface area contributed by atoms with Gasteiger partial charge in [-0.05, 0) is 60.8 Å². The topological polar surface area (TPSA) is 78.0 Å². The monoisotopic (exact) mass is 356 g/mol. The summed E-state index contributed by atoms with van der Waals surface area (Å²) < 4.78 is 0. The number of aryl methyl sites for hydroxylation is 2. The third-order valence-electron chi connectivity index (χ3n) is 5.34. The Kier molecular flexibility index (Phi) is 5.36. The summed E-state index contributed by atoms with van der Waals surface area (Å²) in [5.41, 5.74) is 4.20. The van der Waals surface area contributed by atoms with Crippen LogP contribution in [0.2, 0.25) is 0 Å². The Balaban J connectivity index is 1.81. The van der Waals surface area contributed by atoms with Gasteiger partial charge >= 0.3 is 0 Å². The molecule has 0 spiro atoms. The van der Waals surface area contributed by atoms with E-state index < -0.39 is 0 Å². The number of H-pyrrole nitrogens is 1. The Hall–Kier alpha value is -2.28. The summed E-state index contributed by atoms with van der Waals surface area (Å²) in [5.74, 6) is 1.24. The van der Waals surface area contributed by atoms with Gasteiger partial charge in [-0.2, -0.15) is 5.21 Å². The highest BCUT2D eigenvalue weighted by molar-refractivity contribution is 5.80. The minimum Gasteiger partial charge on any atom is -0.337 e. The SMILES string of the molecule is Cc1cc(-c2nn[nH]n2)cc(C)c1CC(=O)N1CCN(C)CC1C(C)C. The average Bonchev–Trinajstić information content (AvgIpc) is 3.12. The predicted octanol–water partition coefficient (Wildman–Crippen LogP) is 1.82. The van der Waals surface area contributed by atoms with Gasteiger partial charge in [-0.1, -0.05) is 13.8 Å². The van der Waals surface area contributed by atoms with E-state index in [-0.39, 0.29) is 11.9 Å². The summed E-state index contributed by atoms with van der Waals surface area (Å²) in [4.78, 5) is 17.5. The molecule has 1 unspecified atom stereocenters. The summed E-state index contributed by atoms with van der Waals surface area (Å²) in [5, 5.41) is 14.2. The maximum atomic E-state index is 13.1. The quantitative estimate of drug-likeness (QED) is 0.904. The van der Waals surface area contributed by atoms with Gasteiger partial charge in [0.25, 0.3) is 0 Å². The number of likely N-dealkylation sites (N-methyl/N-ethyl adjacent to an activating group) is 1. The van der Waals surface area contributed by atoms with Crippen molar-refractivity contribution in [2.45, 2.75) is 40.2 Å². The Morgan fingerprint density at radius 1 is 1.27 bits per heavy atom. The molecule has 1 atom stereocenters. The summed E-state index contributed by atoms with van der Waals surface area (Å²) >= 11 is 0. The second kappa shape index (κ2) is 7.53. The first kappa shape index (κ1) is 18.5. The number of aromatic amines is 1. The number of nitrogens with zero attached hydrogens (tertiary/aromatic N) is 5. The summed E-state index contributed by atoms with van der Waals surface area (Å²) in [6.45, 7) is 11.2. The molecule has 140 valence electrons. The molecule has 1 fully saturated rings. The maximum absolute atomic E-state index is 13.1. The van der Waals surface area contributed by atoms with Crippen LogP contribution in [0, 0.1) is 19.8 Å². The number of carbonyl (C=O) groups is 1. The molecule has 0 bridgehead atoms. The van der Waals surface area contributed by atoms with Crippen molar-refractivity contribution in [2.75, 3.05) is 26.7 Å². The smallest absolute Gasteiger partial charge is 0.227 e. The second-order valence-corrected chi connectivity index (χ2v) is 7.66. The lowest BCUT2D eigenvalue weighted by atomic mass is 9.94. The summed E-state index contributed by atoms with van der Waals surface area (Å²) in [6, 6.07) is 4.34. The maximum Gasteiger partial charge on any atom is 0.227 e. The zero-order valence-corrected chi connectivity index (χ0v) is 16.3. The number of amides is 1. The van der Waals surface area contributed by atoms with Crippen LogP contribution in [-0.4, -0.2) is 69.1 Å². The van der Waals surface area contributed by atoms with E-state index in [9.17, 15) is 4.79 Å². The van der Waals surface area contributed by atoms with Crippen LogP contribution in [0.5, 0.6) is 0 Å². The number of hydrogen-bond acceptors (Lipinski definition) is 5. The van der Waals surface area contributed by atoms with Gasteiger partial charge in [-0.25, -0.2) is 0 Å². The van der Waals surface area contributed by atoms with Crippen molar-refractivity contribution in [3.63, 3.8) is 0 Å².